The van der Waals surface area contributed by atoms with Gasteiger partial charge in [-0.3, -0.25) is 9.59 Å². The molecule has 9 heteroatoms. The van der Waals surface area contributed by atoms with E-state index in [4.69, 9.17) is 0 Å². The molecule has 0 radical (unpaired) electrons. The second kappa shape index (κ2) is 10.4. The third-order valence-electron chi connectivity index (χ3n) is 8.43. The molecule has 6 nitrogen and oxygen atoms in total. The molecular formula is C33H41F3N4O2. The van der Waals surface area contributed by atoms with E-state index in [1.807, 2.05) is 43.0 Å². The summed E-state index contributed by atoms with van der Waals surface area (Å²) in [6.07, 6.45) is -2.07. The molecule has 3 aliphatic rings. The summed E-state index contributed by atoms with van der Waals surface area (Å²) in [7, 11) is 0. The minimum absolute atomic E-state index is 0.0551. The first-order valence-electron chi connectivity index (χ1n) is 14.6. The number of Topliss-reactive ketones (excluding diaryl/α,β-unsaturated/α-hetero) is 1. The average molecular weight is 583 g/mol. The van der Waals surface area contributed by atoms with Crippen LogP contribution in [0.25, 0.3) is 0 Å². The van der Waals surface area contributed by atoms with Crippen molar-refractivity contribution in [3.63, 3.8) is 0 Å². The van der Waals surface area contributed by atoms with Gasteiger partial charge >= 0.3 is 6.18 Å². The van der Waals surface area contributed by atoms with Gasteiger partial charge in [0.05, 0.1) is 29.5 Å². The number of halogens is 3. The van der Waals surface area contributed by atoms with Crippen LogP contribution in [0, 0.1) is 5.41 Å². The van der Waals surface area contributed by atoms with Crippen LogP contribution in [0.1, 0.15) is 84.4 Å². The highest BCUT2D eigenvalue weighted by Crippen LogP contribution is 2.48. The predicted octanol–water partition coefficient (Wildman–Crippen LogP) is 6.75. The van der Waals surface area contributed by atoms with Gasteiger partial charge in [0.25, 0.3) is 0 Å². The first-order valence-corrected chi connectivity index (χ1v) is 14.6. The summed E-state index contributed by atoms with van der Waals surface area (Å²) >= 11 is 0. The summed E-state index contributed by atoms with van der Waals surface area (Å²) in [4.78, 5) is 29.5. The van der Waals surface area contributed by atoms with Crippen molar-refractivity contribution in [2.75, 3.05) is 16.8 Å². The van der Waals surface area contributed by atoms with Gasteiger partial charge in [-0.1, -0.05) is 38.1 Å². The van der Waals surface area contributed by atoms with Gasteiger partial charge in [-0.25, -0.2) is 0 Å². The van der Waals surface area contributed by atoms with Crippen molar-refractivity contribution in [2.45, 2.75) is 96.6 Å². The maximum absolute atomic E-state index is 13.8. The summed E-state index contributed by atoms with van der Waals surface area (Å²) in [5, 5.41) is 10.4. The Bertz CT molecular complexity index is 1390. The Morgan fingerprint density at radius 2 is 1.57 bits per heavy atom. The molecule has 0 bridgehead atoms. The minimum Gasteiger partial charge on any atom is -0.357 e. The maximum atomic E-state index is 13.8. The van der Waals surface area contributed by atoms with Crippen LogP contribution in [-0.2, 0) is 15.8 Å². The molecule has 2 heterocycles. The lowest BCUT2D eigenvalue weighted by molar-refractivity contribution is -0.137. The lowest BCUT2D eigenvalue weighted by atomic mass is 9.73. The first-order chi connectivity index (χ1) is 19.4. The number of anilines is 2. The third-order valence-corrected chi connectivity index (χ3v) is 8.43. The fraction of sp³-hybridized carbons (Fsp3) is 0.515. The molecule has 2 aromatic rings. The van der Waals surface area contributed by atoms with E-state index in [1.165, 1.54) is 12.1 Å². The number of carbonyl (C=O) groups excluding carboxylic acids is 2. The zero-order chi connectivity index (χ0) is 30.7. The van der Waals surface area contributed by atoms with Crippen LogP contribution in [0.3, 0.4) is 0 Å². The van der Waals surface area contributed by atoms with Gasteiger partial charge < -0.3 is 20.9 Å². The van der Waals surface area contributed by atoms with Crippen molar-refractivity contribution in [3.8, 4) is 0 Å². The van der Waals surface area contributed by atoms with Crippen LogP contribution in [0.15, 0.2) is 59.8 Å². The van der Waals surface area contributed by atoms with Gasteiger partial charge in [-0.05, 0) is 82.2 Å². The summed E-state index contributed by atoms with van der Waals surface area (Å²) < 4.78 is 40.4. The second-order valence-electron chi connectivity index (χ2n) is 14.2. The van der Waals surface area contributed by atoms with E-state index in [-0.39, 0.29) is 40.8 Å². The number of ketones is 1. The van der Waals surface area contributed by atoms with Crippen LogP contribution in [-0.4, -0.2) is 35.4 Å². The highest BCUT2D eigenvalue weighted by molar-refractivity contribution is 6.01. The summed E-state index contributed by atoms with van der Waals surface area (Å²) in [6, 6.07) is 11.7. The van der Waals surface area contributed by atoms with Crippen LogP contribution in [0.2, 0.25) is 0 Å². The number of nitrogens with zero attached hydrogens (tertiary/aromatic N) is 1. The fourth-order valence-corrected chi connectivity index (χ4v) is 7.28. The number of piperidine rings is 1. The van der Waals surface area contributed by atoms with Gasteiger partial charge in [0, 0.05) is 34.8 Å². The standard InChI is InChI=1S/C33H41F3N4O2/c1-30(2)17-24-28(26(41)18-30)29(20-11-13-21(14-12-20)33(34,35)36)40(25-10-8-7-9-23(25)38-24)19-27(42)37-22-15-31(3,4)39-32(5,6)16-22/h7-14,22,29,38-39H,15-19H2,1-6H3,(H,37,42). The smallest absolute Gasteiger partial charge is 0.357 e. The van der Waals surface area contributed by atoms with Crippen molar-refractivity contribution in [1.29, 1.82) is 0 Å². The zero-order valence-corrected chi connectivity index (χ0v) is 25.2. The van der Waals surface area contributed by atoms with E-state index >= 15 is 0 Å². The van der Waals surface area contributed by atoms with E-state index in [0.717, 1.165) is 36.4 Å². The number of rotatable bonds is 4. The van der Waals surface area contributed by atoms with Gasteiger partial charge in [0.1, 0.15) is 0 Å². The number of alkyl halides is 3. The summed E-state index contributed by atoms with van der Waals surface area (Å²) in [5.74, 6) is -0.272. The monoisotopic (exact) mass is 582 g/mol. The Morgan fingerprint density at radius 1 is 0.952 bits per heavy atom. The Balaban J connectivity index is 1.58. The molecule has 1 unspecified atom stereocenters. The molecule has 1 fully saturated rings. The van der Waals surface area contributed by atoms with E-state index in [9.17, 15) is 22.8 Å². The van der Waals surface area contributed by atoms with E-state index in [0.29, 0.717) is 29.7 Å². The minimum atomic E-state index is -4.48. The van der Waals surface area contributed by atoms with Crippen LogP contribution in [0.4, 0.5) is 24.5 Å². The van der Waals surface area contributed by atoms with Gasteiger partial charge in [-0.15, -0.1) is 0 Å². The molecule has 1 atom stereocenters. The predicted molar refractivity (Wildman–Crippen MR) is 159 cm³/mol. The van der Waals surface area contributed by atoms with Crippen molar-refractivity contribution >= 4 is 23.1 Å². The molecule has 226 valence electrons. The number of carbonyl (C=O) groups is 2. The molecule has 0 spiro atoms. The molecule has 0 aromatic heterocycles. The number of hydrogen-bond acceptors (Lipinski definition) is 5. The van der Waals surface area contributed by atoms with E-state index in [1.54, 1.807) is 0 Å². The lowest BCUT2D eigenvalue weighted by Crippen LogP contribution is -2.62. The Morgan fingerprint density at radius 3 is 2.19 bits per heavy atom. The zero-order valence-electron chi connectivity index (χ0n) is 25.2. The quantitative estimate of drug-likeness (QED) is 0.372. The van der Waals surface area contributed by atoms with Gasteiger partial charge in [-0.2, -0.15) is 13.2 Å². The van der Waals surface area contributed by atoms with E-state index < -0.39 is 17.8 Å². The SMILES string of the molecule is CC1(C)CC(=O)C2=C(C1)Nc1ccccc1N(CC(=O)NC1CC(C)(C)NC(C)(C)C1)C2c1ccc(C(F)(F)F)cc1. The third kappa shape index (κ3) is 6.36. The van der Waals surface area contributed by atoms with Crippen LogP contribution >= 0.6 is 0 Å². The average Bonchev–Trinajstić information content (AvgIpc) is 2.95. The van der Waals surface area contributed by atoms with E-state index in [2.05, 4.69) is 43.6 Å². The Labute approximate surface area is 246 Å². The summed E-state index contributed by atoms with van der Waals surface area (Å²) in [6.45, 7) is 12.5. The van der Waals surface area contributed by atoms with Crippen molar-refractivity contribution < 1.29 is 22.8 Å². The molecule has 3 N–H and O–H groups in total. The van der Waals surface area contributed by atoms with Gasteiger partial charge in [0.15, 0.2) is 5.78 Å². The second-order valence-corrected chi connectivity index (χ2v) is 14.2. The molecule has 1 aliphatic carbocycles. The fourth-order valence-electron chi connectivity index (χ4n) is 7.28. The molecule has 42 heavy (non-hydrogen) atoms. The lowest BCUT2D eigenvalue weighted by Gasteiger charge is -2.46. The number of hydrogen-bond donors (Lipinski definition) is 3. The molecule has 1 saturated heterocycles. The topological polar surface area (TPSA) is 73.5 Å². The van der Waals surface area contributed by atoms with Crippen LogP contribution < -0.4 is 20.9 Å². The number of nitrogens with one attached hydrogen (secondary N) is 3. The van der Waals surface area contributed by atoms with Crippen molar-refractivity contribution in [2.24, 2.45) is 5.41 Å². The molecule has 2 aromatic carbocycles. The van der Waals surface area contributed by atoms with Crippen LogP contribution in [0.5, 0.6) is 0 Å². The Kier molecular flexibility index (Phi) is 7.49. The maximum Gasteiger partial charge on any atom is 0.416 e. The summed E-state index contributed by atoms with van der Waals surface area (Å²) in [5.41, 5.74) is 1.86. The molecule has 1 amide bonds. The number of benzene rings is 2. The number of fused-ring (bicyclic) bond motifs is 1. The molecule has 5 rings (SSSR count). The molecule has 2 aliphatic heterocycles. The number of para-hydroxylation sites is 2. The number of amides is 1. The molecular weight excluding hydrogens is 541 g/mol. The number of allylic oxidation sites excluding steroid dienone is 1. The Hall–Kier alpha value is -3.33. The highest BCUT2D eigenvalue weighted by Gasteiger charge is 2.43. The van der Waals surface area contributed by atoms with Crippen molar-refractivity contribution in [1.82, 2.24) is 10.6 Å². The normalized spacial score (nSPS) is 23.4. The van der Waals surface area contributed by atoms with Crippen molar-refractivity contribution in [3.05, 3.63) is 70.9 Å². The molecule has 0 saturated carbocycles. The highest BCUT2D eigenvalue weighted by atomic mass is 19.4. The first kappa shape index (κ1) is 30.1. The largest absolute Gasteiger partial charge is 0.416 e. The van der Waals surface area contributed by atoms with Gasteiger partial charge in [0.2, 0.25) is 5.91 Å².